The van der Waals surface area contributed by atoms with E-state index in [4.69, 9.17) is 0 Å². The number of carbonyl (C=O) groups is 1. The predicted octanol–water partition coefficient (Wildman–Crippen LogP) is 4.03. The molecule has 0 atom stereocenters. The molecule has 1 aromatic heterocycles. The molecule has 110 valence electrons. The van der Waals surface area contributed by atoms with Crippen LogP contribution < -0.4 is 0 Å². The van der Waals surface area contributed by atoms with Gasteiger partial charge in [0.2, 0.25) is 0 Å². The van der Waals surface area contributed by atoms with Crippen molar-refractivity contribution in [2.24, 2.45) is 0 Å². The van der Waals surface area contributed by atoms with Crippen LogP contribution in [0.2, 0.25) is 0 Å². The highest BCUT2D eigenvalue weighted by Crippen LogP contribution is 2.21. The zero-order valence-electron chi connectivity index (χ0n) is 11.9. The van der Waals surface area contributed by atoms with Crippen molar-refractivity contribution in [3.8, 4) is 0 Å². The fourth-order valence-corrected chi connectivity index (χ4v) is 2.39. The van der Waals surface area contributed by atoms with E-state index < -0.39 is 5.82 Å². The van der Waals surface area contributed by atoms with E-state index >= 15 is 0 Å². The molecule has 0 aliphatic carbocycles. The molecular weight excluding hydrogens is 335 g/mol. The van der Waals surface area contributed by atoms with Crippen LogP contribution in [0, 0.1) is 5.82 Å². The Hall–Kier alpha value is -1.75. The zero-order chi connectivity index (χ0) is 15.4. The van der Waals surface area contributed by atoms with Crippen molar-refractivity contribution in [1.29, 1.82) is 0 Å². The molecule has 21 heavy (non-hydrogen) atoms. The van der Waals surface area contributed by atoms with Gasteiger partial charge in [-0.05, 0) is 60.1 Å². The molecule has 1 heterocycles. The summed E-state index contributed by atoms with van der Waals surface area (Å²) in [6.45, 7) is 4.24. The van der Waals surface area contributed by atoms with Gasteiger partial charge in [-0.2, -0.15) is 0 Å². The SMILES string of the molecule is CC(C)N(Cc1ccccn1)C(=O)c1cc(F)ccc1Br. The van der Waals surface area contributed by atoms with E-state index in [-0.39, 0.29) is 11.9 Å². The van der Waals surface area contributed by atoms with Crippen molar-refractivity contribution < 1.29 is 9.18 Å². The highest BCUT2D eigenvalue weighted by Gasteiger charge is 2.22. The standard InChI is InChI=1S/C16H16BrFN2O/c1-11(2)20(10-13-5-3-4-8-19-13)16(21)14-9-12(18)6-7-15(14)17/h3-9,11H,10H2,1-2H3. The van der Waals surface area contributed by atoms with Crippen molar-refractivity contribution in [1.82, 2.24) is 9.88 Å². The van der Waals surface area contributed by atoms with Crippen LogP contribution in [0.3, 0.4) is 0 Å². The summed E-state index contributed by atoms with van der Waals surface area (Å²) >= 11 is 3.30. The number of carbonyl (C=O) groups excluding carboxylic acids is 1. The van der Waals surface area contributed by atoms with Crippen molar-refractivity contribution in [2.75, 3.05) is 0 Å². The molecule has 2 rings (SSSR count). The first-order valence-electron chi connectivity index (χ1n) is 6.65. The Kier molecular flexibility index (Phi) is 5.07. The van der Waals surface area contributed by atoms with Crippen LogP contribution in [0.1, 0.15) is 29.9 Å². The van der Waals surface area contributed by atoms with E-state index in [1.807, 2.05) is 32.0 Å². The van der Waals surface area contributed by atoms with Crippen LogP contribution in [0.15, 0.2) is 47.1 Å². The molecule has 3 nitrogen and oxygen atoms in total. The van der Waals surface area contributed by atoms with Gasteiger partial charge in [-0.15, -0.1) is 0 Å². The van der Waals surface area contributed by atoms with Gasteiger partial charge in [-0.1, -0.05) is 6.07 Å². The third-order valence-electron chi connectivity index (χ3n) is 3.10. The predicted molar refractivity (Wildman–Crippen MR) is 83.3 cm³/mol. The first kappa shape index (κ1) is 15.6. The number of benzene rings is 1. The Labute approximate surface area is 131 Å². The van der Waals surface area contributed by atoms with Crippen LogP contribution in [0.4, 0.5) is 4.39 Å². The summed E-state index contributed by atoms with van der Waals surface area (Å²) < 4.78 is 14.0. The van der Waals surface area contributed by atoms with Gasteiger partial charge in [0.05, 0.1) is 17.8 Å². The van der Waals surface area contributed by atoms with E-state index in [2.05, 4.69) is 20.9 Å². The van der Waals surface area contributed by atoms with Gasteiger partial charge in [-0.25, -0.2) is 4.39 Å². The number of halogens is 2. The average Bonchev–Trinajstić information content (AvgIpc) is 2.47. The maximum Gasteiger partial charge on any atom is 0.255 e. The fourth-order valence-electron chi connectivity index (χ4n) is 1.97. The Morgan fingerprint density at radius 1 is 1.33 bits per heavy atom. The first-order chi connectivity index (χ1) is 9.99. The molecule has 0 saturated heterocycles. The Morgan fingerprint density at radius 2 is 2.10 bits per heavy atom. The third kappa shape index (κ3) is 3.88. The summed E-state index contributed by atoms with van der Waals surface area (Å²) in [7, 11) is 0. The van der Waals surface area contributed by atoms with Crippen molar-refractivity contribution in [3.63, 3.8) is 0 Å². The lowest BCUT2D eigenvalue weighted by Gasteiger charge is -2.27. The lowest BCUT2D eigenvalue weighted by Crippen LogP contribution is -2.36. The summed E-state index contributed by atoms with van der Waals surface area (Å²) in [5, 5.41) is 0. The molecule has 0 aliphatic rings. The van der Waals surface area contributed by atoms with Gasteiger partial charge in [0, 0.05) is 16.7 Å². The summed E-state index contributed by atoms with van der Waals surface area (Å²) in [5.74, 6) is -0.648. The molecule has 0 fully saturated rings. The van der Waals surface area contributed by atoms with Crippen molar-refractivity contribution in [2.45, 2.75) is 26.4 Å². The summed E-state index contributed by atoms with van der Waals surface area (Å²) in [6, 6.07) is 9.66. The van der Waals surface area contributed by atoms with Crippen molar-refractivity contribution in [3.05, 3.63) is 64.1 Å². The molecule has 1 aromatic carbocycles. The summed E-state index contributed by atoms with van der Waals surface area (Å²) in [4.78, 5) is 18.6. The van der Waals surface area contributed by atoms with E-state index in [1.54, 1.807) is 17.2 Å². The molecule has 0 unspecified atom stereocenters. The molecule has 0 spiro atoms. The highest BCUT2D eigenvalue weighted by atomic mass is 79.9. The minimum absolute atomic E-state index is 0.0188. The topological polar surface area (TPSA) is 33.2 Å². The minimum Gasteiger partial charge on any atom is -0.330 e. The maximum atomic E-state index is 13.4. The highest BCUT2D eigenvalue weighted by molar-refractivity contribution is 9.10. The van der Waals surface area contributed by atoms with E-state index in [0.29, 0.717) is 16.6 Å². The number of amides is 1. The summed E-state index contributed by atoms with van der Waals surface area (Å²) in [5.41, 5.74) is 1.12. The number of hydrogen-bond donors (Lipinski definition) is 0. The van der Waals surface area contributed by atoms with E-state index in [9.17, 15) is 9.18 Å². The van der Waals surface area contributed by atoms with Gasteiger partial charge in [0.1, 0.15) is 5.82 Å². The van der Waals surface area contributed by atoms with Gasteiger partial charge >= 0.3 is 0 Å². The second-order valence-corrected chi connectivity index (χ2v) is 5.83. The molecule has 0 N–H and O–H groups in total. The van der Waals surface area contributed by atoms with Crippen LogP contribution in [-0.2, 0) is 6.54 Å². The molecule has 1 amide bonds. The van der Waals surface area contributed by atoms with Gasteiger partial charge in [-0.3, -0.25) is 9.78 Å². The van der Waals surface area contributed by atoms with Crippen LogP contribution in [-0.4, -0.2) is 21.8 Å². The van der Waals surface area contributed by atoms with Crippen LogP contribution >= 0.6 is 15.9 Å². The number of hydrogen-bond acceptors (Lipinski definition) is 2. The van der Waals surface area contributed by atoms with Gasteiger partial charge in [0.25, 0.3) is 5.91 Å². The molecule has 0 saturated carbocycles. The second-order valence-electron chi connectivity index (χ2n) is 4.97. The van der Waals surface area contributed by atoms with Gasteiger partial charge in [0.15, 0.2) is 0 Å². The maximum absolute atomic E-state index is 13.4. The Bertz CT molecular complexity index is 631. The molecular formula is C16H16BrFN2O. The van der Waals surface area contributed by atoms with Crippen LogP contribution in [0.5, 0.6) is 0 Å². The summed E-state index contributed by atoms with van der Waals surface area (Å²) in [6.07, 6.45) is 1.69. The zero-order valence-corrected chi connectivity index (χ0v) is 13.5. The molecule has 2 aromatic rings. The number of nitrogens with zero attached hydrogens (tertiary/aromatic N) is 2. The molecule has 0 aliphatic heterocycles. The Morgan fingerprint density at radius 3 is 2.71 bits per heavy atom. The lowest BCUT2D eigenvalue weighted by molar-refractivity contribution is 0.0686. The third-order valence-corrected chi connectivity index (χ3v) is 3.79. The number of pyridine rings is 1. The molecule has 0 radical (unpaired) electrons. The first-order valence-corrected chi connectivity index (χ1v) is 7.44. The average molecular weight is 351 g/mol. The monoisotopic (exact) mass is 350 g/mol. The number of aromatic nitrogens is 1. The smallest absolute Gasteiger partial charge is 0.255 e. The second kappa shape index (κ2) is 6.80. The Balaban J connectivity index is 2.30. The van der Waals surface area contributed by atoms with E-state index in [1.165, 1.54) is 12.1 Å². The molecule has 0 bridgehead atoms. The number of rotatable bonds is 4. The fraction of sp³-hybridized carbons (Fsp3) is 0.250. The van der Waals surface area contributed by atoms with E-state index in [0.717, 1.165) is 5.69 Å². The molecule has 5 heteroatoms. The normalized spacial score (nSPS) is 10.7. The lowest BCUT2D eigenvalue weighted by atomic mass is 10.1. The largest absolute Gasteiger partial charge is 0.330 e. The van der Waals surface area contributed by atoms with Crippen molar-refractivity contribution >= 4 is 21.8 Å². The van der Waals surface area contributed by atoms with Gasteiger partial charge < -0.3 is 4.90 Å². The van der Waals surface area contributed by atoms with Crippen LogP contribution in [0.25, 0.3) is 0 Å². The minimum atomic E-state index is -0.428. The quantitative estimate of drug-likeness (QED) is 0.833.